The molecule has 0 fully saturated rings. The van der Waals surface area contributed by atoms with Gasteiger partial charge in [-0.2, -0.15) is 13.2 Å². The number of nitrogens with zero attached hydrogens (tertiary/aromatic N) is 2. The predicted molar refractivity (Wildman–Crippen MR) is 89.6 cm³/mol. The van der Waals surface area contributed by atoms with Crippen molar-refractivity contribution in [2.24, 2.45) is 0 Å². The molecule has 0 aromatic heterocycles. The second kappa shape index (κ2) is 7.38. The van der Waals surface area contributed by atoms with Crippen molar-refractivity contribution in [1.82, 2.24) is 0 Å². The van der Waals surface area contributed by atoms with Crippen LogP contribution in [0.1, 0.15) is 17.3 Å². The summed E-state index contributed by atoms with van der Waals surface area (Å²) in [7, 11) is 1.90. The lowest BCUT2D eigenvalue weighted by molar-refractivity contribution is -0.118. The minimum Gasteiger partial charge on any atom is -0.375 e. The highest BCUT2D eigenvalue weighted by Gasteiger charge is 2.34. The lowest BCUT2D eigenvalue weighted by atomic mass is 10.1. The smallest absolute Gasteiger partial charge is 0.375 e. The molecule has 2 aromatic carbocycles. The summed E-state index contributed by atoms with van der Waals surface area (Å²) < 4.78 is 38.6. The predicted octanol–water partition coefficient (Wildman–Crippen LogP) is 4.35. The molecule has 3 nitrogen and oxygen atoms in total. The number of amides is 1. The van der Waals surface area contributed by atoms with Crippen LogP contribution in [-0.2, 0) is 0 Å². The normalized spacial score (nSPS) is 11.2. The number of carbonyl (C=O) groups is 1. The minimum atomic E-state index is -4.48. The largest absolute Gasteiger partial charge is 0.406 e. The van der Waals surface area contributed by atoms with Crippen molar-refractivity contribution in [3.8, 4) is 0 Å². The SMILES string of the molecule is CCN(C)c1ccc(C(=O)N(CC(F)(F)F)c2ccccc2)cc1. The van der Waals surface area contributed by atoms with Crippen LogP contribution in [0, 0.1) is 0 Å². The number of rotatable bonds is 5. The van der Waals surface area contributed by atoms with Crippen molar-refractivity contribution >= 4 is 17.3 Å². The van der Waals surface area contributed by atoms with E-state index in [0.717, 1.165) is 17.1 Å². The summed E-state index contributed by atoms with van der Waals surface area (Å²) in [6.07, 6.45) is -4.48. The first-order valence-corrected chi connectivity index (χ1v) is 7.56. The van der Waals surface area contributed by atoms with Crippen LogP contribution in [0.15, 0.2) is 54.6 Å². The van der Waals surface area contributed by atoms with Crippen LogP contribution in [0.5, 0.6) is 0 Å². The van der Waals surface area contributed by atoms with Crippen molar-refractivity contribution in [1.29, 1.82) is 0 Å². The molecule has 0 radical (unpaired) electrons. The van der Waals surface area contributed by atoms with E-state index in [9.17, 15) is 18.0 Å². The Bertz CT molecular complexity index is 669. The van der Waals surface area contributed by atoms with Gasteiger partial charge in [-0.15, -0.1) is 0 Å². The number of hydrogen-bond donors (Lipinski definition) is 0. The lowest BCUT2D eigenvalue weighted by Crippen LogP contribution is -2.39. The Morgan fingerprint density at radius 1 is 0.958 bits per heavy atom. The van der Waals surface area contributed by atoms with Crippen molar-refractivity contribution in [3.63, 3.8) is 0 Å². The second-order valence-corrected chi connectivity index (χ2v) is 5.40. The molecule has 0 aliphatic rings. The van der Waals surface area contributed by atoms with E-state index in [1.807, 2.05) is 18.9 Å². The molecule has 2 aromatic rings. The third-order valence-electron chi connectivity index (χ3n) is 3.68. The van der Waals surface area contributed by atoms with Gasteiger partial charge in [0.15, 0.2) is 0 Å². The van der Waals surface area contributed by atoms with Gasteiger partial charge in [0.2, 0.25) is 0 Å². The third kappa shape index (κ3) is 4.50. The molecule has 0 atom stereocenters. The zero-order valence-electron chi connectivity index (χ0n) is 13.5. The highest BCUT2D eigenvalue weighted by atomic mass is 19.4. The summed E-state index contributed by atoms with van der Waals surface area (Å²) in [6.45, 7) is 1.45. The fourth-order valence-corrected chi connectivity index (χ4v) is 2.26. The van der Waals surface area contributed by atoms with Gasteiger partial charge in [-0.05, 0) is 43.3 Å². The van der Waals surface area contributed by atoms with E-state index in [2.05, 4.69) is 0 Å². The van der Waals surface area contributed by atoms with Crippen molar-refractivity contribution in [2.45, 2.75) is 13.1 Å². The van der Waals surface area contributed by atoms with Gasteiger partial charge < -0.3 is 4.90 Å². The highest BCUT2D eigenvalue weighted by Crippen LogP contribution is 2.24. The van der Waals surface area contributed by atoms with E-state index in [1.165, 1.54) is 12.1 Å². The van der Waals surface area contributed by atoms with Gasteiger partial charge in [-0.25, -0.2) is 0 Å². The summed E-state index contributed by atoms with van der Waals surface area (Å²) in [5.74, 6) is -0.677. The second-order valence-electron chi connectivity index (χ2n) is 5.40. The highest BCUT2D eigenvalue weighted by molar-refractivity contribution is 6.06. The molecule has 0 aliphatic carbocycles. The number of hydrogen-bond acceptors (Lipinski definition) is 2. The van der Waals surface area contributed by atoms with E-state index in [4.69, 9.17) is 0 Å². The van der Waals surface area contributed by atoms with Gasteiger partial charge in [-0.3, -0.25) is 9.69 Å². The molecule has 6 heteroatoms. The van der Waals surface area contributed by atoms with Crippen molar-refractivity contribution in [3.05, 3.63) is 60.2 Å². The first kappa shape index (κ1) is 17.8. The Hall–Kier alpha value is -2.50. The Balaban J connectivity index is 2.30. The van der Waals surface area contributed by atoms with Crippen molar-refractivity contribution < 1.29 is 18.0 Å². The number of alkyl halides is 3. The molecule has 0 saturated heterocycles. The maximum atomic E-state index is 12.9. The van der Waals surface area contributed by atoms with Crippen LogP contribution < -0.4 is 9.80 Å². The Labute approximate surface area is 139 Å². The van der Waals surface area contributed by atoms with Gasteiger partial charge >= 0.3 is 6.18 Å². The Kier molecular flexibility index (Phi) is 5.49. The number of benzene rings is 2. The van der Waals surface area contributed by atoms with Crippen LogP contribution >= 0.6 is 0 Å². The molecule has 24 heavy (non-hydrogen) atoms. The standard InChI is InChI=1S/C18H19F3N2O/c1-3-22(2)15-11-9-14(10-12-15)17(24)23(13-18(19,20)21)16-7-5-4-6-8-16/h4-12H,3,13H2,1-2H3. The molecule has 0 heterocycles. The van der Waals surface area contributed by atoms with Gasteiger partial charge in [0.05, 0.1) is 0 Å². The topological polar surface area (TPSA) is 23.6 Å². The van der Waals surface area contributed by atoms with E-state index in [0.29, 0.717) is 0 Å². The molecule has 0 unspecified atom stereocenters. The Morgan fingerprint density at radius 2 is 1.54 bits per heavy atom. The first-order chi connectivity index (χ1) is 11.3. The van der Waals surface area contributed by atoms with Gasteiger partial charge in [0.25, 0.3) is 5.91 Å². The summed E-state index contributed by atoms with van der Waals surface area (Å²) in [5.41, 5.74) is 1.34. The van der Waals surface area contributed by atoms with Crippen LogP contribution in [0.4, 0.5) is 24.5 Å². The summed E-state index contributed by atoms with van der Waals surface area (Å²) in [6, 6.07) is 14.4. The molecule has 0 bridgehead atoms. The fraction of sp³-hybridized carbons (Fsp3) is 0.278. The van der Waals surface area contributed by atoms with Crippen LogP contribution in [0.2, 0.25) is 0 Å². The van der Waals surface area contributed by atoms with Gasteiger partial charge in [0.1, 0.15) is 6.54 Å². The molecule has 0 spiro atoms. The van der Waals surface area contributed by atoms with Crippen LogP contribution in [0.3, 0.4) is 0 Å². The average Bonchev–Trinajstić information content (AvgIpc) is 2.58. The number of anilines is 2. The summed E-state index contributed by atoms with van der Waals surface area (Å²) in [4.78, 5) is 15.3. The van der Waals surface area contributed by atoms with E-state index >= 15 is 0 Å². The van der Waals surface area contributed by atoms with E-state index < -0.39 is 18.6 Å². The molecular formula is C18H19F3N2O. The molecule has 0 saturated carbocycles. The lowest BCUT2D eigenvalue weighted by Gasteiger charge is -2.24. The number of halogens is 3. The van der Waals surface area contributed by atoms with Gasteiger partial charge in [-0.1, -0.05) is 18.2 Å². The molecule has 2 rings (SSSR count). The number of carbonyl (C=O) groups excluding carboxylic acids is 1. The average molecular weight is 336 g/mol. The number of para-hydroxylation sites is 1. The molecule has 0 N–H and O–H groups in total. The van der Waals surface area contributed by atoms with Crippen molar-refractivity contribution in [2.75, 3.05) is 29.9 Å². The Morgan fingerprint density at radius 3 is 2.04 bits per heavy atom. The maximum absolute atomic E-state index is 12.9. The third-order valence-corrected chi connectivity index (χ3v) is 3.68. The zero-order chi connectivity index (χ0) is 17.7. The maximum Gasteiger partial charge on any atom is 0.406 e. The van der Waals surface area contributed by atoms with E-state index in [1.54, 1.807) is 42.5 Å². The summed E-state index contributed by atoms with van der Waals surface area (Å²) >= 11 is 0. The minimum absolute atomic E-state index is 0.217. The first-order valence-electron chi connectivity index (χ1n) is 7.56. The zero-order valence-corrected chi connectivity index (χ0v) is 13.5. The summed E-state index contributed by atoms with van der Waals surface area (Å²) in [5, 5.41) is 0. The molecule has 1 amide bonds. The molecular weight excluding hydrogens is 317 g/mol. The van der Waals surface area contributed by atoms with Crippen LogP contribution in [0.25, 0.3) is 0 Å². The monoisotopic (exact) mass is 336 g/mol. The molecule has 0 aliphatic heterocycles. The van der Waals surface area contributed by atoms with Gasteiger partial charge in [0, 0.05) is 30.5 Å². The molecule has 128 valence electrons. The van der Waals surface area contributed by atoms with Crippen LogP contribution in [-0.4, -0.2) is 32.2 Å². The van der Waals surface area contributed by atoms with E-state index in [-0.39, 0.29) is 11.3 Å². The fourth-order valence-electron chi connectivity index (χ4n) is 2.26. The quantitative estimate of drug-likeness (QED) is 0.810.